The van der Waals surface area contributed by atoms with Gasteiger partial charge in [0.15, 0.2) is 0 Å². The second kappa shape index (κ2) is 16.0. The van der Waals surface area contributed by atoms with E-state index in [2.05, 4.69) is 230 Å². The Morgan fingerprint density at radius 3 is 1.74 bits per heavy atom. The maximum absolute atomic E-state index is 5.57. The number of hydrogen-bond acceptors (Lipinski definition) is 2. The summed E-state index contributed by atoms with van der Waals surface area (Å²) in [5, 5.41) is 8.14. The molecule has 62 heavy (non-hydrogen) atoms. The molecule has 0 aliphatic carbocycles. The number of nitrogens with zero attached hydrogens (tertiary/aromatic N) is 5. The molecule has 5 nitrogen and oxygen atoms in total. The normalized spacial score (nSPS) is 13.1. The number of aromatic nitrogens is 5. The van der Waals surface area contributed by atoms with Gasteiger partial charge in [0.05, 0.1) is 38.6 Å². The molecule has 0 saturated carbocycles. The van der Waals surface area contributed by atoms with Crippen LogP contribution in [0.3, 0.4) is 0 Å². The van der Waals surface area contributed by atoms with Crippen LogP contribution in [-0.4, -0.2) is 23.7 Å². The summed E-state index contributed by atoms with van der Waals surface area (Å²) >= 11 is 0. The van der Waals surface area contributed by atoms with Crippen LogP contribution in [0.1, 0.15) is 45.2 Å². The molecule has 0 spiro atoms. The van der Waals surface area contributed by atoms with Crippen molar-refractivity contribution in [3.63, 3.8) is 0 Å². The third kappa shape index (κ3) is 6.41. The van der Waals surface area contributed by atoms with Crippen molar-refractivity contribution < 1.29 is 0 Å². The topological polar surface area (TPSA) is 40.6 Å². The molecule has 0 unspecified atom stereocenters. The standard InChI is InChI=1S/C57H47N5/c1-6-18-39-28-31-47-45-23-12-14-25-50(45)60(54(47)34-39)42-21-17-20-41(36-42)49-37-56(61-51-26-15-13-24-46(51)48-32-29-40(19-7-2)35-55(48)61)59-57(58-49)62-52-27-16-11-22-44(52)43(10-5)53(62)33-30-38(8-3)9-4/h6-29,31-37H,3,30H2,1-2,4-5H3/b18-6+,19-7+,38-9+,43-10-,53-33+. The van der Waals surface area contributed by atoms with Crippen LogP contribution < -0.4 is 10.6 Å². The van der Waals surface area contributed by atoms with Crippen molar-refractivity contribution in [2.45, 2.75) is 34.1 Å². The van der Waals surface area contributed by atoms with Gasteiger partial charge in [0, 0.05) is 49.5 Å². The van der Waals surface area contributed by atoms with Gasteiger partial charge in [-0.25, -0.2) is 4.98 Å². The average Bonchev–Trinajstić information content (AvgIpc) is 3.94. The van der Waals surface area contributed by atoms with Gasteiger partial charge in [0.2, 0.25) is 5.95 Å². The second-order valence-corrected chi connectivity index (χ2v) is 15.6. The first-order valence-corrected chi connectivity index (χ1v) is 21.4. The lowest BCUT2D eigenvalue weighted by molar-refractivity contribution is 0.909. The molecule has 0 fully saturated rings. The van der Waals surface area contributed by atoms with Crippen molar-refractivity contribution in [1.82, 2.24) is 23.7 Å². The molecule has 0 radical (unpaired) electrons. The minimum Gasteiger partial charge on any atom is -0.309 e. The fraction of sp³-hybridized carbons (Fsp3) is 0.0877. The van der Waals surface area contributed by atoms with Gasteiger partial charge in [0.25, 0.3) is 0 Å². The summed E-state index contributed by atoms with van der Waals surface area (Å²) in [5.41, 5.74) is 11.9. The molecule has 4 aromatic heterocycles. The van der Waals surface area contributed by atoms with E-state index in [1.165, 1.54) is 27.1 Å². The third-order valence-electron chi connectivity index (χ3n) is 12.0. The summed E-state index contributed by atoms with van der Waals surface area (Å²) in [6.07, 6.45) is 17.8. The number of fused-ring (bicyclic) bond motifs is 7. The molecular weight excluding hydrogens is 755 g/mol. The number of rotatable bonds is 9. The van der Waals surface area contributed by atoms with Crippen LogP contribution in [-0.2, 0) is 0 Å². The van der Waals surface area contributed by atoms with E-state index in [9.17, 15) is 0 Å². The van der Waals surface area contributed by atoms with Crippen molar-refractivity contribution in [3.05, 3.63) is 198 Å². The molecule has 0 bridgehead atoms. The second-order valence-electron chi connectivity index (χ2n) is 15.6. The van der Waals surface area contributed by atoms with E-state index in [0.717, 1.165) is 83.9 Å². The molecule has 0 N–H and O–H groups in total. The molecule has 4 heterocycles. The summed E-state index contributed by atoms with van der Waals surface area (Å²) in [5.74, 6) is 1.39. The van der Waals surface area contributed by atoms with E-state index in [0.29, 0.717) is 5.95 Å². The fourth-order valence-corrected chi connectivity index (χ4v) is 9.22. The van der Waals surface area contributed by atoms with Gasteiger partial charge in [-0.15, -0.1) is 0 Å². The first-order valence-electron chi connectivity index (χ1n) is 21.4. The lowest BCUT2D eigenvalue weighted by Crippen LogP contribution is -2.29. The summed E-state index contributed by atoms with van der Waals surface area (Å²) in [7, 11) is 0. The van der Waals surface area contributed by atoms with Crippen LogP contribution >= 0.6 is 0 Å². The van der Waals surface area contributed by atoms with Gasteiger partial charge >= 0.3 is 0 Å². The molecule has 0 atom stereocenters. The lowest BCUT2D eigenvalue weighted by atomic mass is 10.1. The Labute approximate surface area is 361 Å². The van der Waals surface area contributed by atoms with Gasteiger partial charge in [-0.05, 0) is 93.3 Å². The Hall–Kier alpha value is -7.76. The van der Waals surface area contributed by atoms with Gasteiger partial charge in [-0.1, -0.05) is 146 Å². The van der Waals surface area contributed by atoms with Crippen LogP contribution in [0, 0.1) is 0 Å². The highest BCUT2D eigenvalue weighted by atomic mass is 15.2. The predicted octanol–water partition coefficient (Wildman–Crippen LogP) is 13.5. The average molecular weight is 802 g/mol. The van der Waals surface area contributed by atoms with Gasteiger partial charge in [0.1, 0.15) is 5.82 Å². The smallest absolute Gasteiger partial charge is 0.237 e. The Balaban J connectivity index is 1.29. The van der Waals surface area contributed by atoms with Crippen molar-refractivity contribution in [3.8, 4) is 28.7 Å². The Kier molecular flexibility index (Phi) is 9.93. The molecule has 6 aromatic carbocycles. The molecular formula is C57H47N5. The Morgan fingerprint density at radius 1 is 0.548 bits per heavy atom. The van der Waals surface area contributed by atoms with E-state index in [1.807, 2.05) is 6.08 Å². The highest BCUT2D eigenvalue weighted by Crippen LogP contribution is 2.36. The van der Waals surface area contributed by atoms with Crippen LogP contribution in [0.15, 0.2) is 176 Å². The van der Waals surface area contributed by atoms with Crippen LogP contribution in [0.4, 0.5) is 0 Å². The number of allylic oxidation sites excluding steroid dienone is 5. The van der Waals surface area contributed by atoms with E-state index < -0.39 is 0 Å². The van der Waals surface area contributed by atoms with Crippen LogP contribution in [0.25, 0.3) is 108 Å². The molecule has 300 valence electrons. The SMILES string of the molecule is C=C/C(=C\C)C/C=c1\c(=C/C)c2ccccc2n1-c1nc(-c2cccc(-n3c4ccccc4c4ccc(/C=C/C)cc43)c2)cc(-n2c3ccccc3c3ccc(/C=C/C)cc32)n1. The van der Waals surface area contributed by atoms with E-state index in [4.69, 9.17) is 9.97 Å². The molecule has 5 heteroatoms. The largest absolute Gasteiger partial charge is 0.309 e. The number of benzene rings is 6. The summed E-state index contributed by atoms with van der Waals surface area (Å²) in [4.78, 5) is 11.1. The molecule has 0 aliphatic heterocycles. The van der Waals surface area contributed by atoms with Gasteiger partial charge in [-0.2, -0.15) is 4.98 Å². The van der Waals surface area contributed by atoms with Crippen LogP contribution in [0.5, 0.6) is 0 Å². The van der Waals surface area contributed by atoms with Crippen molar-refractivity contribution in [2.75, 3.05) is 0 Å². The minimum absolute atomic E-state index is 0.600. The number of para-hydroxylation sites is 3. The van der Waals surface area contributed by atoms with Crippen molar-refractivity contribution in [1.29, 1.82) is 0 Å². The quantitative estimate of drug-likeness (QED) is 0.136. The molecule has 0 saturated heterocycles. The first-order chi connectivity index (χ1) is 30.5. The first kappa shape index (κ1) is 38.4. The van der Waals surface area contributed by atoms with Gasteiger partial charge in [-0.3, -0.25) is 9.13 Å². The maximum Gasteiger partial charge on any atom is 0.237 e. The molecule has 0 aliphatic rings. The minimum atomic E-state index is 0.600. The molecule has 0 amide bonds. The monoisotopic (exact) mass is 801 g/mol. The van der Waals surface area contributed by atoms with Crippen molar-refractivity contribution in [2.24, 2.45) is 0 Å². The van der Waals surface area contributed by atoms with Crippen molar-refractivity contribution >= 4 is 78.8 Å². The zero-order chi connectivity index (χ0) is 42.3. The Bertz CT molecular complexity index is 3620. The highest BCUT2D eigenvalue weighted by molar-refractivity contribution is 6.11. The maximum atomic E-state index is 5.57. The number of hydrogen-bond donors (Lipinski definition) is 0. The summed E-state index contributed by atoms with van der Waals surface area (Å²) in [6, 6.07) is 50.2. The van der Waals surface area contributed by atoms with E-state index in [1.54, 1.807) is 0 Å². The Morgan fingerprint density at radius 2 is 1.13 bits per heavy atom. The lowest BCUT2D eigenvalue weighted by Gasteiger charge is -2.15. The fourth-order valence-electron chi connectivity index (χ4n) is 9.22. The summed E-state index contributed by atoms with van der Waals surface area (Å²) in [6.45, 7) is 12.4. The van der Waals surface area contributed by atoms with Crippen LogP contribution in [0.2, 0.25) is 0 Å². The highest BCUT2D eigenvalue weighted by Gasteiger charge is 2.20. The zero-order valence-electron chi connectivity index (χ0n) is 35.5. The third-order valence-corrected chi connectivity index (χ3v) is 12.0. The zero-order valence-corrected chi connectivity index (χ0v) is 35.5. The predicted molar refractivity (Wildman–Crippen MR) is 265 cm³/mol. The molecule has 10 rings (SSSR count). The summed E-state index contributed by atoms with van der Waals surface area (Å²) < 4.78 is 6.94. The van der Waals surface area contributed by atoms with E-state index in [-0.39, 0.29) is 0 Å². The van der Waals surface area contributed by atoms with Gasteiger partial charge < -0.3 is 4.57 Å². The molecule has 10 aromatic rings. The van der Waals surface area contributed by atoms with E-state index >= 15 is 0 Å².